The van der Waals surface area contributed by atoms with Crippen LogP contribution in [0.4, 0.5) is 0 Å². The van der Waals surface area contributed by atoms with E-state index in [1.807, 2.05) is 0 Å². The number of aryl methyl sites for hydroxylation is 2. The second-order valence-electron chi connectivity index (χ2n) is 8.03. The van der Waals surface area contributed by atoms with Crippen molar-refractivity contribution in [2.75, 3.05) is 0 Å². The maximum absolute atomic E-state index is 2.38. The Hall–Kier alpha value is -1.18. The van der Waals surface area contributed by atoms with Gasteiger partial charge in [-0.3, -0.25) is 0 Å². The Labute approximate surface area is 172 Å². The zero-order chi connectivity index (χ0) is 18.0. The van der Waals surface area contributed by atoms with Crippen LogP contribution >= 0.6 is 7.92 Å². The third kappa shape index (κ3) is 4.75. The minimum atomic E-state index is -0.478. The summed E-state index contributed by atoms with van der Waals surface area (Å²) in [6.07, 6.45) is 0. The first kappa shape index (κ1) is 21.1. The average molecular weight is 354 g/mol. The van der Waals surface area contributed by atoms with Gasteiger partial charge in [0.1, 0.15) is 0 Å². The molecule has 130 valence electrons. The van der Waals surface area contributed by atoms with Crippen LogP contribution < -0.4 is 29.5 Å². The van der Waals surface area contributed by atoms with Crippen molar-refractivity contribution in [3.05, 3.63) is 89.5 Å². The third-order valence-electron chi connectivity index (χ3n) is 4.71. The van der Waals surface area contributed by atoms with Crippen LogP contribution in [-0.2, 0) is 0 Å². The van der Waals surface area contributed by atoms with Crippen LogP contribution in [0, 0.1) is 19.3 Å². The molecule has 3 rings (SSSR count). The van der Waals surface area contributed by atoms with E-state index >= 15 is 0 Å². The van der Waals surface area contributed by atoms with E-state index < -0.39 is 7.92 Å². The number of benzene rings is 2. The summed E-state index contributed by atoms with van der Waals surface area (Å²) in [5, 5.41) is 2.93. The zero-order valence-corrected chi connectivity index (χ0v) is 17.8. The number of rotatable bonds is 4. The molecule has 3 aromatic carbocycles. The van der Waals surface area contributed by atoms with Crippen LogP contribution in [-0.4, -0.2) is 0 Å². The molecule has 0 aliphatic carbocycles. The van der Waals surface area contributed by atoms with Gasteiger partial charge in [0.15, 0.2) is 0 Å². The summed E-state index contributed by atoms with van der Waals surface area (Å²) in [4.78, 5) is 0. The van der Waals surface area contributed by atoms with Crippen molar-refractivity contribution in [3.8, 4) is 0 Å². The predicted molar refractivity (Wildman–Crippen MR) is 113 cm³/mol. The van der Waals surface area contributed by atoms with Gasteiger partial charge in [0.05, 0.1) is 0 Å². The first-order valence-corrected chi connectivity index (χ1v) is 10.4. The van der Waals surface area contributed by atoms with Crippen molar-refractivity contribution in [1.82, 2.24) is 0 Å². The number of hydrogen-bond acceptors (Lipinski definition) is 0. The molecule has 1 unspecified atom stereocenters. The van der Waals surface area contributed by atoms with Crippen molar-refractivity contribution in [1.29, 1.82) is 0 Å². The average Bonchev–Trinajstić information content (AvgIpc) is 3.07. The summed E-state index contributed by atoms with van der Waals surface area (Å²) in [7, 11) is -0.478. The van der Waals surface area contributed by atoms with E-state index in [9.17, 15) is 0 Å². The summed E-state index contributed by atoms with van der Waals surface area (Å²) in [6, 6.07) is 27.3. The molecule has 0 bridgehead atoms. The third-order valence-corrected chi connectivity index (χ3v) is 8.01. The van der Waals surface area contributed by atoms with Gasteiger partial charge in [0.25, 0.3) is 0 Å². The molecule has 0 nitrogen and oxygen atoms in total. The van der Waals surface area contributed by atoms with Gasteiger partial charge in [-0.05, 0) is 43.5 Å². The summed E-state index contributed by atoms with van der Waals surface area (Å²) in [6.45, 7) is 11.5. The van der Waals surface area contributed by atoms with Crippen LogP contribution in [0.5, 0.6) is 0 Å². The van der Waals surface area contributed by atoms with Gasteiger partial charge in [-0.15, -0.1) is 5.56 Å². The molecule has 3 aromatic rings. The first-order valence-electron chi connectivity index (χ1n) is 9.00. The van der Waals surface area contributed by atoms with Crippen molar-refractivity contribution >= 4 is 18.5 Å². The second kappa shape index (κ2) is 8.67. The molecule has 0 aliphatic rings. The molecule has 26 heavy (non-hydrogen) atoms. The molecule has 0 heterocycles. The van der Waals surface area contributed by atoms with Crippen molar-refractivity contribution in [3.63, 3.8) is 0 Å². The molecule has 0 saturated heterocycles. The maximum Gasteiger partial charge on any atom is 1.00 e. The van der Waals surface area contributed by atoms with Gasteiger partial charge in [-0.1, -0.05) is 80.4 Å². The van der Waals surface area contributed by atoms with E-state index in [0.29, 0.717) is 5.66 Å². The van der Waals surface area contributed by atoms with Crippen molar-refractivity contribution in [2.45, 2.75) is 40.3 Å². The summed E-state index contributed by atoms with van der Waals surface area (Å²) in [5.41, 5.74) is 4.78. The van der Waals surface area contributed by atoms with Crippen LogP contribution in [0.15, 0.2) is 72.8 Å². The van der Waals surface area contributed by atoms with Gasteiger partial charge in [-0.25, -0.2) is 12.1 Å². The van der Waals surface area contributed by atoms with Crippen molar-refractivity contribution in [2.24, 2.45) is 5.41 Å². The Kier molecular flexibility index (Phi) is 7.04. The largest absolute Gasteiger partial charge is 1.00 e. The first-order chi connectivity index (χ1) is 11.9. The standard InChI is InChI=1S/C24H28P.Li/c1-18-10-14-21(15-11-18)25(22-16-12-19(2)13-17-22)23(24(3,4)5)20-8-6-7-9-20;/h6-17,23H,1-5H3;/q-1;+1. The van der Waals surface area contributed by atoms with Crippen LogP contribution in [0.3, 0.4) is 0 Å². The van der Waals surface area contributed by atoms with Crippen LogP contribution in [0.1, 0.15) is 43.1 Å². The SMILES string of the molecule is Cc1ccc(P(c2ccc(C)cc2)C([c-]2cccc2)C(C)(C)C)cc1.[Li+]. The smallest absolute Gasteiger partial charge is 0.213 e. The van der Waals surface area contributed by atoms with Gasteiger partial charge in [0.2, 0.25) is 0 Å². The summed E-state index contributed by atoms with van der Waals surface area (Å²) < 4.78 is 0. The predicted octanol–water partition coefficient (Wildman–Crippen LogP) is 3.25. The molecule has 1 atom stereocenters. The van der Waals surface area contributed by atoms with E-state index in [1.54, 1.807) is 0 Å². The second-order valence-corrected chi connectivity index (χ2v) is 10.3. The topological polar surface area (TPSA) is 0 Å². The summed E-state index contributed by atoms with van der Waals surface area (Å²) >= 11 is 0. The molecule has 0 fully saturated rings. The molecular formula is C24H28LiP. The fraction of sp³-hybridized carbons (Fsp3) is 0.292. The fourth-order valence-corrected chi connectivity index (χ4v) is 6.55. The minimum Gasteiger partial charge on any atom is -0.213 e. The quantitative estimate of drug-likeness (QED) is 0.383. The Morgan fingerprint density at radius 2 is 1.12 bits per heavy atom. The van der Waals surface area contributed by atoms with Crippen LogP contribution in [0.2, 0.25) is 0 Å². The molecule has 0 saturated carbocycles. The Balaban J connectivity index is 0.00000243. The maximum atomic E-state index is 2.38. The fourth-order valence-electron chi connectivity index (χ4n) is 3.47. The molecule has 0 radical (unpaired) electrons. The Morgan fingerprint density at radius 1 is 0.731 bits per heavy atom. The molecule has 0 aromatic heterocycles. The molecular weight excluding hydrogens is 326 g/mol. The molecule has 2 heteroatoms. The van der Waals surface area contributed by atoms with Gasteiger partial charge in [-0.2, -0.15) is 12.1 Å². The molecule has 0 aliphatic heterocycles. The van der Waals surface area contributed by atoms with Gasteiger partial charge < -0.3 is 0 Å². The Bertz CT molecular complexity index is 747. The molecule has 0 amide bonds. The van der Waals surface area contributed by atoms with Crippen LogP contribution in [0.25, 0.3) is 0 Å². The van der Waals surface area contributed by atoms with Crippen molar-refractivity contribution < 1.29 is 18.9 Å². The van der Waals surface area contributed by atoms with E-state index in [2.05, 4.69) is 107 Å². The zero-order valence-electron chi connectivity index (χ0n) is 17.0. The number of hydrogen-bond donors (Lipinski definition) is 0. The summed E-state index contributed by atoms with van der Waals surface area (Å²) in [5.74, 6) is 0. The van der Waals surface area contributed by atoms with Gasteiger partial charge >= 0.3 is 18.9 Å². The minimum absolute atomic E-state index is 0. The van der Waals surface area contributed by atoms with E-state index in [4.69, 9.17) is 0 Å². The Morgan fingerprint density at radius 3 is 1.46 bits per heavy atom. The molecule has 0 spiro atoms. The normalized spacial score (nSPS) is 12.7. The van der Waals surface area contributed by atoms with E-state index in [0.717, 1.165) is 0 Å². The van der Waals surface area contributed by atoms with Gasteiger partial charge in [0, 0.05) is 0 Å². The van der Waals surface area contributed by atoms with E-state index in [-0.39, 0.29) is 24.3 Å². The monoisotopic (exact) mass is 354 g/mol. The van der Waals surface area contributed by atoms with E-state index in [1.165, 1.54) is 27.3 Å². The molecule has 0 N–H and O–H groups in total.